The molecule has 144 valence electrons. The minimum atomic E-state index is -0.931. The van der Waals surface area contributed by atoms with Gasteiger partial charge in [0.05, 0.1) is 23.6 Å². The summed E-state index contributed by atoms with van der Waals surface area (Å²) in [6, 6.07) is 25.4. The van der Waals surface area contributed by atoms with Crippen LogP contribution in [0.25, 0.3) is 0 Å². The summed E-state index contributed by atoms with van der Waals surface area (Å²) in [4.78, 5) is 15.1. The van der Waals surface area contributed by atoms with E-state index in [1.54, 1.807) is 12.1 Å². The number of para-hydroxylation sites is 2. The molecule has 0 amide bonds. The summed E-state index contributed by atoms with van der Waals surface area (Å²) in [5.74, 6) is -0.931. The second-order valence-electron chi connectivity index (χ2n) is 6.60. The topological polar surface area (TPSA) is 69.8 Å². The van der Waals surface area contributed by atoms with Crippen LogP contribution < -0.4 is 15.5 Å². The van der Waals surface area contributed by atoms with Crippen molar-refractivity contribution in [1.82, 2.24) is 0 Å². The maximum absolute atomic E-state index is 10.3. The van der Waals surface area contributed by atoms with Gasteiger partial charge in [-0.05, 0) is 48.9 Å². The molecule has 1 heterocycles. The number of nitrogens with two attached hydrogens (primary N) is 1. The molecule has 3 N–H and O–H groups in total. The number of carbonyl (C=O) groups is 1. The van der Waals surface area contributed by atoms with Crippen molar-refractivity contribution < 1.29 is 9.90 Å². The van der Waals surface area contributed by atoms with Crippen molar-refractivity contribution in [3.63, 3.8) is 0 Å². The van der Waals surface area contributed by atoms with Crippen molar-refractivity contribution >= 4 is 23.0 Å². The first kappa shape index (κ1) is 19.3. The molecule has 1 aliphatic rings. The van der Waals surface area contributed by atoms with Crippen molar-refractivity contribution in [2.24, 2.45) is 0 Å². The largest absolute Gasteiger partial charge is 0.478 e. The third-order valence-corrected chi connectivity index (χ3v) is 4.66. The van der Waals surface area contributed by atoms with Crippen molar-refractivity contribution in [3.05, 3.63) is 90.0 Å². The van der Waals surface area contributed by atoms with E-state index in [4.69, 9.17) is 10.8 Å². The number of carboxylic acids is 1. The summed E-state index contributed by atoms with van der Waals surface area (Å²) >= 11 is 0. The first-order valence-corrected chi connectivity index (χ1v) is 9.30. The molecule has 1 aliphatic heterocycles. The highest BCUT2D eigenvalue weighted by Crippen LogP contribution is 2.36. The summed E-state index contributed by atoms with van der Waals surface area (Å²) in [6.45, 7) is 5.24. The minimum absolute atomic E-state index is 0.259. The zero-order valence-electron chi connectivity index (χ0n) is 16.0. The minimum Gasteiger partial charge on any atom is -0.478 e. The SMILES string of the molecule is CCN1CN(Cc2ccccc2)c2ccccc21.Nc1ccc(C(=O)O)cc1. The monoisotopic (exact) mass is 375 g/mol. The molecule has 5 heteroatoms. The van der Waals surface area contributed by atoms with Crippen molar-refractivity contribution in [2.45, 2.75) is 13.5 Å². The van der Waals surface area contributed by atoms with Crippen LogP contribution in [0.15, 0.2) is 78.9 Å². The number of benzene rings is 3. The number of aromatic carboxylic acids is 1. The number of hydrogen-bond acceptors (Lipinski definition) is 4. The molecule has 0 unspecified atom stereocenters. The van der Waals surface area contributed by atoms with E-state index in [-0.39, 0.29) is 5.56 Å². The average molecular weight is 375 g/mol. The smallest absolute Gasteiger partial charge is 0.335 e. The molecule has 0 atom stereocenters. The number of nitrogen functional groups attached to an aromatic ring is 1. The molecule has 0 bridgehead atoms. The van der Waals surface area contributed by atoms with Crippen LogP contribution in [0.4, 0.5) is 17.1 Å². The van der Waals surface area contributed by atoms with Gasteiger partial charge >= 0.3 is 5.97 Å². The van der Waals surface area contributed by atoms with Gasteiger partial charge in [0.25, 0.3) is 0 Å². The lowest BCUT2D eigenvalue weighted by Crippen LogP contribution is -2.30. The van der Waals surface area contributed by atoms with Crippen LogP contribution in [0, 0.1) is 0 Å². The van der Waals surface area contributed by atoms with Crippen LogP contribution >= 0.6 is 0 Å². The Hall–Kier alpha value is -3.47. The Morgan fingerprint density at radius 1 is 0.893 bits per heavy atom. The van der Waals surface area contributed by atoms with Gasteiger partial charge in [0.15, 0.2) is 0 Å². The van der Waals surface area contributed by atoms with E-state index in [0.717, 1.165) is 19.8 Å². The number of rotatable bonds is 4. The van der Waals surface area contributed by atoms with E-state index >= 15 is 0 Å². The van der Waals surface area contributed by atoms with Gasteiger partial charge in [-0.2, -0.15) is 0 Å². The molecule has 0 aliphatic carbocycles. The fourth-order valence-corrected chi connectivity index (χ4v) is 3.19. The number of fused-ring (bicyclic) bond motifs is 1. The summed E-state index contributed by atoms with van der Waals surface area (Å²) in [5.41, 5.74) is 10.2. The molecule has 0 aromatic heterocycles. The van der Waals surface area contributed by atoms with Gasteiger partial charge in [0, 0.05) is 18.8 Å². The number of anilines is 3. The van der Waals surface area contributed by atoms with Gasteiger partial charge in [-0.1, -0.05) is 42.5 Å². The lowest BCUT2D eigenvalue weighted by Gasteiger charge is -2.20. The molecule has 0 radical (unpaired) electrons. The van der Waals surface area contributed by atoms with Crippen molar-refractivity contribution in [3.8, 4) is 0 Å². The van der Waals surface area contributed by atoms with E-state index < -0.39 is 5.97 Å². The summed E-state index contributed by atoms with van der Waals surface area (Å²) in [7, 11) is 0. The fourth-order valence-electron chi connectivity index (χ4n) is 3.19. The van der Waals surface area contributed by atoms with Gasteiger partial charge in [-0.25, -0.2) is 4.79 Å². The van der Waals surface area contributed by atoms with Crippen molar-refractivity contribution in [2.75, 3.05) is 28.7 Å². The van der Waals surface area contributed by atoms with Gasteiger partial charge in [-0.15, -0.1) is 0 Å². The van der Waals surface area contributed by atoms with Crippen LogP contribution in [-0.2, 0) is 6.54 Å². The zero-order chi connectivity index (χ0) is 19.9. The van der Waals surface area contributed by atoms with Crippen LogP contribution in [0.5, 0.6) is 0 Å². The Balaban J connectivity index is 0.000000192. The fraction of sp³-hybridized carbons (Fsp3) is 0.174. The van der Waals surface area contributed by atoms with Gasteiger partial charge < -0.3 is 20.6 Å². The number of carboxylic acid groups (broad SMARTS) is 1. The predicted molar refractivity (Wildman–Crippen MR) is 115 cm³/mol. The molecule has 0 saturated carbocycles. The normalized spacial score (nSPS) is 12.2. The quantitative estimate of drug-likeness (QED) is 0.659. The molecule has 5 nitrogen and oxygen atoms in total. The Labute approximate surface area is 165 Å². The first-order chi connectivity index (χ1) is 13.6. The lowest BCUT2D eigenvalue weighted by atomic mass is 10.2. The standard InChI is InChI=1S/C16H18N2.C7H7NO2/c1-2-17-13-18(12-14-8-4-3-5-9-14)16-11-7-6-10-15(16)17;8-6-3-1-5(2-4-6)7(9)10/h3-11H,2,12-13H2,1H3;1-4H,8H2,(H,9,10). The second-order valence-corrected chi connectivity index (χ2v) is 6.60. The highest BCUT2D eigenvalue weighted by Gasteiger charge is 2.23. The molecule has 0 fully saturated rings. The lowest BCUT2D eigenvalue weighted by molar-refractivity contribution is 0.0697. The Kier molecular flexibility index (Phi) is 6.17. The summed E-state index contributed by atoms with van der Waals surface area (Å²) in [6.07, 6.45) is 0. The van der Waals surface area contributed by atoms with Crippen LogP contribution in [0.2, 0.25) is 0 Å². The molecule has 3 aromatic rings. The molecular weight excluding hydrogens is 350 g/mol. The van der Waals surface area contributed by atoms with Gasteiger partial charge in [0.1, 0.15) is 0 Å². The predicted octanol–water partition coefficient (Wildman–Crippen LogP) is 4.46. The molecule has 0 saturated heterocycles. The molecule has 4 rings (SSSR count). The molecule has 28 heavy (non-hydrogen) atoms. The van der Waals surface area contributed by atoms with Crippen LogP contribution in [0.3, 0.4) is 0 Å². The highest BCUT2D eigenvalue weighted by molar-refractivity contribution is 5.87. The Bertz CT molecular complexity index is 911. The maximum atomic E-state index is 10.3. The third-order valence-electron chi connectivity index (χ3n) is 4.66. The van der Waals surface area contributed by atoms with Gasteiger partial charge in [0.2, 0.25) is 0 Å². The molecule has 0 spiro atoms. The Morgan fingerprint density at radius 3 is 2.04 bits per heavy atom. The average Bonchev–Trinajstić information content (AvgIpc) is 3.07. The van der Waals surface area contributed by atoms with Crippen LogP contribution in [0.1, 0.15) is 22.8 Å². The maximum Gasteiger partial charge on any atom is 0.335 e. The second kappa shape index (κ2) is 8.95. The third kappa shape index (κ3) is 4.62. The number of nitrogens with zero attached hydrogens (tertiary/aromatic N) is 2. The molecular formula is C23H25N3O2. The summed E-state index contributed by atoms with van der Waals surface area (Å²) < 4.78 is 0. The van der Waals surface area contributed by atoms with E-state index in [1.165, 1.54) is 29.1 Å². The van der Waals surface area contributed by atoms with Crippen LogP contribution in [-0.4, -0.2) is 24.3 Å². The van der Waals surface area contributed by atoms with E-state index in [0.29, 0.717) is 5.69 Å². The first-order valence-electron chi connectivity index (χ1n) is 9.30. The zero-order valence-corrected chi connectivity index (χ0v) is 16.0. The van der Waals surface area contributed by atoms with E-state index in [2.05, 4.69) is 71.3 Å². The van der Waals surface area contributed by atoms with E-state index in [1.807, 2.05) is 0 Å². The Morgan fingerprint density at radius 2 is 1.46 bits per heavy atom. The number of hydrogen-bond donors (Lipinski definition) is 2. The summed E-state index contributed by atoms with van der Waals surface area (Å²) in [5, 5.41) is 8.43. The van der Waals surface area contributed by atoms with Gasteiger partial charge in [-0.3, -0.25) is 0 Å². The van der Waals surface area contributed by atoms with Crippen molar-refractivity contribution in [1.29, 1.82) is 0 Å². The van der Waals surface area contributed by atoms with E-state index in [9.17, 15) is 4.79 Å². The highest BCUT2D eigenvalue weighted by atomic mass is 16.4. The molecule has 3 aromatic carbocycles.